The summed E-state index contributed by atoms with van der Waals surface area (Å²) in [5.41, 5.74) is 36.2. The predicted molar refractivity (Wildman–Crippen MR) is 526 cm³/mol. The lowest BCUT2D eigenvalue weighted by molar-refractivity contribution is 0.446. The van der Waals surface area contributed by atoms with E-state index >= 15 is 0 Å². The number of thiophene rings is 3. The molecule has 0 N–H and O–H groups in total. The van der Waals surface area contributed by atoms with Gasteiger partial charge in [-0.15, -0.1) is 34.0 Å². The molecule has 18 aromatic carbocycles. The van der Waals surface area contributed by atoms with Gasteiger partial charge in [0.25, 0.3) is 0 Å². The van der Waals surface area contributed by atoms with Crippen molar-refractivity contribution in [1.29, 1.82) is 0 Å². The van der Waals surface area contributed by atoms with Gasteiger partial charge in [0.1, 0.15) is 0 Å². The summed E-state index contributed by atoms with van der Waals surface area (Å²) in [5, 5.41) is 8.25. The highest BCUT2D eigenvalue weighted by Crippen LogP contribution is 2.61. The van der Waals surface area contributed by atoms with Gasteiger partial charge in [-0.25, -0.2) is 0 Å². The Hall–Kier alpha value is -13.4. The molecule has 0 nitrogen and oxygen atoms in total. The van der Waals surface area contributed by atoms with Crippen LogP contribution in [0.25, 0.3) is 127 Å². The molecule has 21 aromatic rings. The molecule has 0 aliphatic heterocycles. The van der Waals surface area contributed by atoms with Gasteiger partial charge in [0.15, 0.2) is 0 Å². The van der Waals surface area contributed by atoms with Gasteiger partial charge in [-0.2, -0.15) is 0 Å². The fourth-order valence-corrected chi connectivity index (χ4v) is 26.0. The smallest absolute Gasteiger partial charge is 0.0713 e. The second kappa shape index (κ2) is 30.3. The van der Waals surface area contributed by atoms with E-state index < -0.39 is 0 Å². The fraction of sp³-hybridized carbons (Fsp3) is 0.100. The van der Waals surface area contributed by atoms with Crippen molar-refractivity contribution >= 4 is 94.5 Å². The Kier molecular flexibility index (Phi) is 18.4. The van der Waals surface area contributed by atoms with Crippen molar-refractivity contribution in [3.05, 3.63) is 502 Å². The molecule has 3 heteroatoms. The van der Waals surface area contributed by atoms with E-state index in [2.05, 4.69) is 433 Å². The minimum Gasteiger partial charge on any atom is -0.135 e. The third-order valence-corrected chi connectivity index (χ3v) is 31.2. The molecule has 0 atom stereocenters. The van der Waals surface area contributed by atoms with E-state index in [-0.39, 0.29) is 16.2 Å². The van der Waals surface area contributed by atoms with Crippen LogP contribution in [0.3, 0.4) is 0 Å². The largest absolute Gasteiger partial charge is 0.135 e. The van der Waals surface area contributed by atoms with Gasteiger partial charge < -0.3 is 0 Å². The molecule has 25 rings (SSSR count). The average molecular weight is 1630 g/mol. The first-order chi connectivity index (χ1) is 60.7. The van der Waals surface area contributed by atoms with Crippen LogP contribution in [0.1, 0.15) is 127 Å². The molecule has 3 aromatic heterocycles. The zero-order chi connectivity index (χ0) is 81.9. The first-order valence-corrected chi connectivity index (χ1v) is 46.1. The molecule has 0 spiro atoms. The number of fused-ring (bicyclic) bond motifs is 18. The maximum Gasteiger partial charge on any atom is 0.0713 e. The molecule has 123 heavy (non-hydrogen) atoms. The van der Waals surface area contributed by atoms with Gasteiger partial charge in [0, 0.05) is 60.5 Å². The highest BCUT2D eigenvalue weighted by atomic mass is 32.1. The van der Waals surface area contributed by atoms with E-state index in [1.807, 2.05) is 34.0 Å². The average Bonchev–Trinajstić information content (AvgIpc) is 1.56. The molecule has 4 aliphatic carbocycles. The van der Waals surface area contributed by atoms with E-state index in [0.717, 1.165) is 0 Å². The van der Waals surface area contributed by atoms with Crippen LogP contribution in [0.5, 0.6) is 0 Å². The lowest BCUT2D eigenvalue weighted by atomic mass is 9.67. The highest BCUT2D eigenvalue weighted by molar-refractivity contribution is 7.27. The second-order valence-corrected chi connectivity index (χ2v) is 37.4. The number of benzene rings is 18. The summed E-state index contributed by atoms with van der Waals surface area (Å²) in [4.78, 5) is 0. The van der Waals surface area contributed by atoms with Crippen molar-refractivity contribution in [3.63, 3.8) is 0 Å². The van der Waals surface area contributed by atoms with Crippen molar-refractivity contribution in [2.75, 3.05) is 0 Å². The van der Waals surface area contributed by atoms with Gasteiger partial charge in [-0.3, -0.25) is 0 Å². The van der Waals surface area contributed by atoms with Gasteiger partial charge in [-0.05, 0) is 232 Å². The van der Waals surface area contributed by atoms with Crippen LogP contribution in [-0.4, -0.2) is 0 Å². The molecule has 0 saturated heterocycles. The molecule has 0 unspecified atom stereocenters. The second-order valence-electron chi connectivity index (χ2n) is 34.3. The van der Waals surface area contributed by atoms with E-state index in [1.54, 1.807) is 5.56 Å². The summed E-state index contributed by atoms with van der Waals surface area (Å²) in [7, 11) is 0. The predicted octanol–water partition coefficient (Wildman–Crippen LogP) is 33.2. The number of aryl methyl sites for hydroxylation is 3. The van der Waals surface area contributed by atoms with E-state index in [1.165, 1.54) is 243 Å². The molecular formula is C120H88S3. The van der Waals surface area contributed by atoms with Gasteiger partial charge in [0.2, 0.25) is 0 Å². The van der Waals surface area contributed by atoms with Gasteiger partial charge >= 0.3 is 0 Å². The van der Waals surface area contributed by atoms with Crippen molar-refractivity contribution in [3.8, 4) is 66.8 Å². The molecule has 586 valence electrons. The normalized spacial score (nSPS) is 14.3. The fourth-order valence-electron chi connectivity index (χ4n) is 22.2. The first kappa shape index (κ1) is 74.7. The van der Waals surface area contributed by atoms with Crippen LogP contribution in [0, 0.1) is 20.8 Å². The third kappa shape index (κ3) is 11.9. The molecule has 3 heterocycles. The minimum absolute atomic E-state index is 0.355. The molecular weight excluding hydrogens is 1540 g/mol. The van der Waals surface area contributed by atoms with E-state index in [4.69, 9.17) is 0 Å². The van der Waals surface area contributed by atoms with E-state index in [9.17, 15) is 0 Å². The van der Waals surface area contributed by atoms with Crippen molar-refractivity contribution < 1.29 is 0 Å². The molecule has 1 fully saturated rings. The van der Waals surface area contributed by atoms with Crippen molar-refractivity contribution in [1.82, 2.24) is 0 Å². The Morgan fingerprint density at radius 1 is 0.203 bits per heavy atom. The SMILES string of the molecule is Cc1cc(-c2ccc(C3(c4ccccc4)c4ccccc4-c4ccccc43)cc2)c2sc3ccccc3c2c1.Cc1ccc2sc3c(-c4ccc(C5(c6ccccc6)c6ccccc6-c6ccccc65)cc4)cc(C)cc3c2c1.c1ccc(C2(c3ccc(-c4cccc5c4sc4c(C6CCCCC6)cccc45)cc3)c3ccccc3-c3ccccc32)cc1. The quantitative estimate of drug-likeness (QED) is 0.128. The van der Waals surface area contributed by atoms with Crippen LogP contribution in [0.15, 0.2) is 413 Å². The Morgan fingerprint density at radius 2 is 0.512 bits per heavy atom. The zero-order valence-corrected chi connectivity index (χ0v) is 71.5. The maximum atomic E-state index is 2.41. The van der Waals surface area contributed by atoms with Crippen LogP contribution >= 0.6 is 34.0 Å². The Labute approximate surface area is 732 Å². The Bertz CT molecular complexity index is 7520. The third-order valence-electron chi connectivity index (χ3n) is 27.5. The Balaban J connectivity index is 0.000000107. The first-order valence-electron chi connectivity index (χ1n) is 43.6. The van der Waals surface area contributed by atoms with Crippen molar-refractivity contribution in [2.24, 2.45) is 0 Å². The number of hydrogen-bond donors (Lipinski definition) is 0. The summed E-state index contributed by atoms with van der Waals surface area (Å²) in [6.45, 7) is 6.61. The van der Waals surface area contributed by atoms with Gasteiger partial charge in [0.05, 0.1) is 16.2 Å². The molecule has 1 saturated carbocycles. The molecule has 0 bridgehead atoms. The molecule has 0 amide bonds. The highest BCUT2D eigenvalue weighted by Gasteiger charge is 2.49. The van der Waals surface area contributed by atoms with E-state index in [0.29, 0.717) is 5.92 Å². The van der Waals surface area contributed by atoms with Crippen LogP contribution in [0.4, 0.5) is 0 Å². The lowest BCUT2D eigenvalue weighted by Crippen LogP contribution is -2.28. The van der Waals surface area contributed by atoms with Gasteiger partial charge in [-0.1, -0.05) is 395 Å². The topological polar surface area (TPSA) is 0 Å². The monoisotopic (exact) mass is 1620 g/mol. The summed E-state index contributed by atoms with van der Waals surface area (Å²) in [6.07, 6.45) is 6.78. The zero-order valence-electron chi connectivity index (χ0n) is 69.1. The number of rotatable bonds is 10. The molecule has 4 aliphatic rings. The summed E-state index contributed by atoms with van der Waals surface area (Å²) >= 11 is 5.82. The maximum absolute atomic E-state index is 2.41. The summed E-state index contributed by atoms with van der Waals surface area (Å²) in [6, 6.07) is 154. The van der Waals surface area contributed by atoms with Crippen LogP contribution in [-0.2, 0) is 16.2 Å². The summed E-state index contributed by atoms with van der Waals surface area (Å²) in [5.74, 6) is 0.703. The standard InChI is InChI=1S/C43H34S.C39H28S.C38H26S/c1-3-13-29(14-4-1)33-19-11-21-37-38-22-12-20-34(42(38)44-41(33)37)30-25-27-32(28-26-30)43(31-15-5-2-6-16-31)39-23-9-7-17-35(39)36-18-8-10-24-40(36)43;1-25-16-21-37-33(22-25)34-24-26(2)23-32(38(34)40-37)27-17-19-29(20-18-27)39(28-10-4-3-5-11-28)35-14-8-6-12-30(35)31-13-7-9-15-36(31)39;1-25-23-32(37-33(24-25)31-15-7-10-18-36(31)39-37)26-19-21-28(22-20-26)38(27-11-3-2-4-12-27)34-16-8-5-13-29(34)30-14-6-9-17-35(30)38/h2,5-12,15-29H,1,3-4,13-14H2;3-24H,1-2H3;2-24H,1H3. The Morgan fingerprint density at radius 3 is 0.935 bits per heavy atom. The number of hydrogen-bond acceptors (Lipinski definition) is 3. The van der Waals surface area contributed by atoms with Crippen LogP contribution in [0.2, 0.25) is 0 Å². The molecule has 0 radical (unpaired) electrons. The lowest BCUT2D eigenvalue weighted by Gasteiger charge is -2.34. The minimum atomic E-state index is -0.357. The summed E-state index contributed by atoms with van der Waals surface area (Å²) < 4.78 is 8.34. The van der Waals surface area contributed by atoms with Crippen molar-refractivity contribution in [2.45, 2.75) is 75.0 Å². The van der Waals surface area contributed by atoms with Crippen LogP contribution < -0.4 is 0 Å².